The molecule has 0 saturated heterocycles. The van der Waals surface area contributed by atoms with Crippen molar-refractivity contribution in [2.75, 3.05) is 0 Å². The summed E-state index contributed by atoms with van der Waals surface area (Å²) in [5, 5.41) is 0. The number of hydrogen-bond donors (Lipinski definition) is 0. The number of ether oxygens (including phenoxy) is 2. The van der Waals surface area contributed by atoms with Gasteiger partial charge in [-0.1, -0.05) is 25.3 Å². The molecule has 0 spiro atoms. The van der Waals surface area contributed by atoms with Crippen molar-refractivity contribution in [3.8, 4) is 0 Å². The molecule has 0 aromatic rings. The zero-order valence-electron chi connectivity index (χ0n) is 13.8. The Morgan fingerprint density at radius 3 is 1.86 bits per heavy atom. The quantitative estimate of drug-likeness (QED) is 0.349. The third kappa shape index (κ3) is 6.57. The van der Waals surface area contributed by atoms with Crippen LogP contribution in [0, 0.1) is 0 Å². The molecule has 0 aliphatic rings. The average Bonchev–Trinajstić information content (AvgIpc) is 2.38. The Labute approximate surface area is 133 Å². The molecule has 4 heteroatoms. The Morgan fingerprint density at radius 2 is 1.50 bits per heavy atom. The predicted molar refractivity (Wildman–Crippen MR) is 88.3 cm³/mol. The van der Waals surface area contributed by atoms with Crippen molar-refractivity contribution in [2.45, 2.75) is 51.7 Å². The first-order valence-electron chi connectivity index (χ1n) is 7.14. The van der Waals surface area contributed by atoms with Crippen LogP contribution in [0.3, 0.4) is 0 Å². The second-order valence-electron chi connectivity index (χ2n) is 5.54. The number of hydrogen-bond acceptors (Lipinski definition) is 4. The highest BCUT2D eigenvalue weighted by atomic mass is 16.6. The summed E-state index contributed by atoms with van der Waals surface area (Å²) in [6, 6.07) is 0. The molecule has 0 fully saturated rings. The SMILES string of the molecule is C=CCC(CC=C)(CC(C)OC(=O)C(=C)C)OC(=O)C(=C)C. The van der Waals surface area contributed by atoms with Crippen molar-refractivity contribution in [3.63, 3.8) is 0 Å². The second kappa shape index (κ2) is 9.03. The number of rotatable bonds is 10. The smallest absolute Gasteiger partial charge is 0.333 e. The van der Waals surface area contributed by atoms with Gasteiger partial charge in [-0.05, 0) is 20.8 Å². The predicted octanol–water partition coefficient (Wildman–Crippen LogP) is 3.89. The highest BCUT2D eigenvalue weighted by Gasteiger charge is 2.35. The van der Waals surface area contributed by atoms with Crippen LogP contribution in [0.15, 0.2) is 49.6 Å². The summed E-state index contributed by atoms with van der Waals surface area (Å²) in [5.41, 5.74) is -0.221. The molecule has 122 valence electrons. The van der Waals surface area contributed by atoms with Gasteiger partial charge in [-0.25, -0.2) is 9.59 Å². The normalized spacial score (nSPS) is 12.0. The minimum atomic E-state index is -0.853. The van der Waals surface area contributed by atoms with Crippen molar-refractivity contribution in [1.29, 1.82) is 0 Å². The maximum Gasteiger partial charge on any atom is 0.333 e. The fourth-order valence-electron chi connectivity index (χ4n) is 2.03. The van der Waals surface area contributed by atoms with E-state index in [4.69, 9.17) is 9.47 Å². The van der Waals surface area contributed by atoms with Crippen molar-refractivity contribution in [1.82, 2.24) is 0 Å². The highest BCUT2D eigenvalue weighted by Crippen LogP contribution is 2.30. The molecule has 22 heavy (non-hydrogen) atoms. The van der Waals surface area contributed by atoms with Gasteiger partial charge in [0, 0.05) is 30.4 Å². The van der Waals surface area contributed by atoms with E-state index in [-0.39, 0.29) is 0 Å². The minimum Gasteiger partial charge on any atom is -0.459 e. The molecule has 0 aromatic heterocycles. The van der Waals surface area contributed by atoms with E-state index in [0.717, 1.165) is 0 Å². The lowest BCUT2D eigenvalue weighted by molar-refractivity contribution is -0.160. The molecule has 0 saturated carbocycles. The largest absolute Gasteiger partial charge is 0.459 e. The van der Waals surface area contributed by atoms with Gasteiger partial charge in [0.15, 0.2) is 0 Å². The molecule has 0 radical (unpaired) electrons. The summed E-state index contributed by atoms with van der Waals surface area (Å²) in [7, 11) is 0. The minimum absolute atomic E-state index is 0.309. The van der Waals surface area contributed by atoms with Gasteiger partial charge in [-0.15, -0.1) is 13.2 Å². The maximum atomic E-state index is 11.9. The fraction of sp³-hybridized carbons (Fsp3) is 0.444. The molecular weight excluding hydrogens is 280 g/mol. The first kappa shape index (κ1) is 19.9. The van der Waals surface area contributed by atoms with Gasteiger partial charge in [-0.2, -0.15) is 0 Å². The number of esters is 2. The number of carbonyl (C=O) groups excluding carboxylic acids is 2. The van der Waals surface area contributed by atoms with Crippen LogP contribution in [0.4, 0.5) is 0 Å². The molecular formula is C18H26O4. The fourth-order valence-corrected chi connectivity index (χ4v) is 2.03. The van der Waals surface area contributed by atoms with Crippen molar-refractivity contribution in [2.24, 2.45) is 0 Å². The standard InChI is InChI=1S/C18H26O4/c1-8-10-18(11-9-2,22-17(20)14(5)6)12-15(7)21-16(19)13(3)4/h8-9,15H,1-3,5,10-12H2,4,6-7H3. The summed E-state index contributed by atoms with van der Waals surface area (Å²) in [6.07, 6.45) is 4.08. The van der Waals surface area contributed by atoms with E-state index in [1.807, 2.05) is 0 Å². The zero-order chi connectivity index (χ0) is 17.3. The Bertz CT molecular complexity index is 463. The summed E-state index contributed by atoms with van der Waals surface area (Å²) in [6.45, 7) is 19.5. The molecule has 0 heterocycles. The van der Waals surface area contributed by atoms with Crippen molar-refractivity contribution >= 4 is 11.9 Å². The van der Waals surface area contributed by atoms with E-state index >= 15 is 0 Å². The lowest BCUT2D eigenvalue weighted by atomic mass is 9.88. The molecule has 0 aliphatic carbocycles. The monoisotopic (exact) mass is 306 g/mol. The molecule has 1 atom stereocenters. The van der Waals surface area contributed by atoms with Gasteiger partial charge in [0.05, 0.1) is 0 Å². The van der Waals surface area contributed by atoms with Gasteiger partial charge in [0.2, 0.25) is 0 Å². The van der Waals surface area contributed by atoms with Gasteiger partial charge in [0.1, 0.15) is 11.7 Å². The van der Waals surface area contributed by atoms with Crippen LogP contribution < -0.4 is 0 Å². The maximum absolute atomic E-state index is 11.9. The van der Waals surface area contributed by atoms with Crippen LogP contribution in [0.25, 0.3) is 0 Å². The Morgan fingerprint density at radius 1 is 1.05 bits per heavy atom. The van der Waals surface area contributed by atoms with E-state index in [0.29, 0.717) is 30.4 Å². The van der Waals surface area contributed by atoms with Crippen LogP contribution in [0.2, 0.25) is 0 Å². The molecule has 0 rings (SSSR count). The summed E-state index contributed by atoms with van der Waals surface area (Å²) < 4.78 is 10.9. The summed E-state index contributed by atoms with van der Waals surface area (Å²) in [5.74, 6) is -0.952. The van der Waals surface area contributed by atoms with Crippen LogP contribution >= 0.6 is 0 Å². The van der Waals surface area contributed by atoms with Crippen LogP contribution in [0.1, 0.15) is 40.0 Å². The third-order valence-corrected chi connectivity index (χ3v) is 3.01. The van der Waals surface area contributed by atoms with E-state index in [2.05, 4.69) is 26.3 Å². The molecule has 0 bridgehead atoms. The van der Waals surface area contributed by atoms with E-state index in [1.165, 1.54) is 0 Å². The molecule has 0 N–H and O–H groups in total. The molecule has 4 nitrogen and oxygen atoms in total. The first-order chi connectivity index (χ1) is 10.2. The molecule has 1 unspecified atom stereocenters. The highest BCUT2D eigenvalue weighted by molar-refractivity contribution is 5.87. The average molecular weight is 306 g/mol. The second-order valence-corrected chi connectivity index (χ2v) is 5.54. The van der Waals surface area contributed by atoms with Crippen molar-refractivity contribution in [3.05, 3.63) is 49.6 Å². The summed E-state index contributed by atoms with van der Waals surface area (Å²) >= 11 is 0. The van der Waals surface area contributed by atoms with E-state index in [1.54, 1.807) is 32.9 Å². The summed E-state index contributed by atoms with van der Waals surface area (Å²) in [4.78, 5) is 23.5. The van der Waals surface area contributed by atoms with E-state index < -0.39 is 23.6 Å². The van der Waals surface area contributed by atoms with Crippen molar-refractivity contribution < 1.29 is 19.1 Å². The Hall–Kier alpha value is -2.10. The molecule has 0 aliphatic heterocycles. The first-order valence-corrected chi connectivity index (χ1v) is 7.14. The van der Waals surface area contributed by atoms with Gasteiger partial charge in [-0.3, -0.25) is 0 Å². The third-order valence-electron chi connectivity index (χ3n) is 3.01. The lowest BCUT2D eigenvalue weighted by Gasteiger charge is -2.34. The Kier molecular flexibility index (Phi) is 8.17. The van der Waals surface area contributed by atoms with Crippen LogP contribution in [0.5, 0.6) is 0 Å². The van der Waals surface area contributed by atoms with Gasteiger partial charge < -0.3 is 9.47 Å². The lowest BCUT2D eigenvalue weighted by Crippen LogP contribution is -2.38. The van der Waals surface area contributed by atoms with E-state index in [9.17, 15) is 9.59 Å². The zero-order valence-corrected chi connectivity index (χ0v) is 13.8. The van der Waals surface area contributed by atoms with Gasteiger partial charge in [0.25, 0.3) is 0 Å². The number of carbonyl (C=O) groups is 2. The van der Waals surface area contributed by atoms with Crippen LogP contribution in [-0.4, -0.2) is 23.6 Å². The molecule has 0 aromatic carbocycles. The Balaban J connectivity index is 5.19. The topological polar surface area (TPSA) is 52.6 Å². The van der Waals surface area contributed by atoms with Crippen LogP contribution in [-0.2, 0) is 19.1 Å². The van der Waals surface area contributed by atoms with Gasteiger partial charge >= 0.3 is 11.9 Å². The molecule has 0 amide bonds.